The first-order chi connectivity index (χ1) is 14.5. The molecule has 3 aromatic carbocycles. The van der Waals surface area contributed by atoms with E-state index in [9.17, 15) is 16.8 Å². The smallest absolute Gasteiger partial charge is 0.262 e. The third-order valence-corrected chi connectivity index (χ3v) is 7.67. The van der Waals surface area contributed by atoms with Crippen LogP contribution in [-0.2, 0) is 20.0 Å². The minimum absolute atomic E-state index is 0.0871. The molecule has 0 saturated heterocycles. The first-order valence-electron chi connectivity index (χ1n) is 9.40. The minimum Gasteiger partial charge on any atom is -0.495 e. The van der Waals surface area contributed by atoms with Gasteiger partial charge in [-0.25, -0.2) is 16.8 Å². The lowest BCUT2D eigenvalue weighted by atomic mass is 10.1. The minimum atomic E-state index is -3.98. The number of aryl methyl sites for hydroxylation is 3. The summed E-state index contributed by atoms with van der Waals surface area (Å²) in [7, 11) is -6.44. The van der Waals surface area contributed by atoms with Gasteiger partial charge in [0, 0.05) is 0 Å². The van der Waals surface area contributed by atoms with Crippen LogP contribution < -0.4 is 14.2 Å². The van der Waals surface area contributed by atoms with Gasteiger partial charge in [-0.1, -0.05) is 35.9 Å². The number of sulfonamides is 2. The van der Waals surface area contributed by atoms with Gasteiger partial charge in [-0.05, 0) is 62.2 Å². The van der Waals surface area contributed by atoms with E-state index in [4.69, 9.17) is 4.74 Å². The Balaban J connectivity index is 1.93. The topological polar surface area (TPSA) is 102 Å². The van der Waals surface area contributed by atoms with E-state index in [0.717, 1.165) is 5.56 Å². The quantitative estimate of drug-likeness (QED) is 0.550. The second-order valence-corrected chi connectivity index (χ2v) is 10.5. The summed E-state index contributed by atoms with van der Waals surface area (Å²) in [5.41, 5.74) is 2.62. The Hall–Kier alpha value is -3.04. The lowest BCUT2D eigenvalue weighted by molar-refractivity contribution is 0.417. The van der Waals surface area contributed by atoms with Crippen LogP contribution in [0.3, 0.4) is 0 Å². The van der Waals surface area contributed by atoms with Crippen LogP contribution in [0, 0.1) is 20.8 Å². The monoisotopic (exact) mass is 460 g/mol. The number of hydrogen-bond acceptors (Lipinski definition) is 5. The van der Waals surface area contributed by atoms with E-state index < -0.39 is 20.0 Å². The summed E-state index contributed by atoms with van der Waals surface area (Å²) in [4.78, 5) is 0.0921. The highest BCUT2D eigenvalue weighted by Gasteiger charge is 2.22. The molecule has 31 heavy (non-hydrogen) atoms. The van der Waals surface area contributed by atoms with Gasteiger partial charge >= 0.3 is 0 Å². The molecule has 0 bridgehead atoms. The Labute approximate surface area is 183 Å². The molecular formula is C22H24N2O5S2. The van der Waals surface area contributed by atoms with Crippen molar-refractivity contribution in [1.29, 1.82) is 0 Å². The zero-order chi connectivity index (χ0) is 22.8. The molecule has 0 aromatic heterocycles. The van der Waals surface area contributed by atoms with E-state index in [2.05, 4.69) is 9.44 Å². The molecule has 0 heterocycles. The number of rotatable bonds is 7. The molecule has 0 aliphatic heterocycles. The van der Waals surface area contributed by atoms with Crippen LogP contribution in [0.5, 0.6) is 5.75 Å². The number of benzene rings is 3. The number of anilines is 2. The molecule has 0 unspecified atom stereocenters. The zero-order valence-corrected chi connectivity index (χ0v) is 19.3. The summed E-state index contributed by atoms with van der Waals surface area (Å²) < 4.78 is 61.9. The van der Waals surface area contributed by atoms with Crippen molar-refractivity contribution in [3.63, 3.8) is 0 Å². The predicted molar refractivity (Wildman–Crippen MR) is 122 cm³/mol. The van der Waals surface area contributed by atoms with Gasteiger partial charge in [-0.3, -0.25) is 9.44 Å². The van der Waals surface area contributed by atoms with E-state index in [1.807, 2.05) is 6.92 Å². The molecule has 0 saturated carbocycles. The molecule has 0 atom stereocenters. The van der Waals surface area contributed by atoms with Gasteiger partial charge in [0.05, 0.1) is 28.3 Å². The molecule has 164 valence electrons. The second kappa shape index (κ2) is 8.60. The Morgan fingerprint density at radius 1 is 0.742 bits per heavy atom. The summed E-state index contributed by atoms with van der Waals surface area (Å²) in [5, 5.41) is 0. The maximum atomic E-state index is 13.0. The number of para-hydroxylation sites is 2. The van der Waals surface area contributed by atoms with Crippen LogP contribution in [0.15, 0.2) is 70.5 Å². The van der Waals surface area contributed by atoms with Gasteiger partial charge in [0.25, 0.3) is 20.0 Å². The fourth-order valence-corrected chi connectivity index (χ4v) is 6.08. The molecule has 3 aromatic rings. The van der Waals surface area contributed by atoms with Crippen LogP contribution in [0.2, 0.25) is 0 Å². The van der Waals surface area contributed by atoms with Crippen molar-refractivity contribution in [3.8, 4) is 5.75 Å². The van der Waals surface area contributed by atoms with Crippen LogP contribution in [0.25, 0.3) is 0 Å². The van der Waals surface area contributed by atoms with Crippen molar-refractivity contribution in [2.45, 2.75) is 30.6 Å². The largest absolute Gasteiger partial charge is 0.495 e. The van der Waals surface area contributed by atoms with Crippen LogP contribution in [0.1, 0.15) is 16.7 Å². The third-order valence-electron chi connectivity index (χ3n) is 4.62. The summed E-state index contributed by atoms with van der Waals surface area (Å²) in [5.74, 6) is 0.369. The van der Waals surface area contributed by atoms with Gasteiger partial charge < -0.3 is 4.74 Å². The highest BCUT2D eigenvalue weighted by atomic mass is 32.2. The fraction of sp³-hybridized carbons (Fsp3) is 0.182. The number of nitrogens with one attached hydrogen (secondary N) is 2. The van der Waals surface area contributed by atoms with Crippen molar-refractivity contribution in [2.75, 3.05) is 16.6 Å². The Kier molecular flexibility index (Phi) is 6.28. The Morgan fingerprint density at radius 2 is 1.39 bits per heavy atom. The molecule has 3 rings (SSSR count). The zero-order valence-electron chi connectivity index (χ0n) is 17.6. The highest BCUT2D eigenvalue weighted by Crippen LogP contribution is 2.28. The van der Waals surface area contributed by atoms with Gasteiger partial charge in [0.15, 0.2) is 0 Å². The molecule has 0 spiro atoms. The molecular weight excluding hydrogens is 436 g/mol. The summed E-state index contributed by atoms with van der Waals surface area (Å²) in [6, 6.07) is 15.8. The molecule has 7 nitrogen and oxygen atoms in total. The van der Waals surface area contributed by atoms with Crippen LogP contribution >= 0.6 is 0 Å². The lowest BCUT2D eigenvalue weighted by Crippen LogP contribution is -2.17. The molecule has 0 aliphatic carbocycles. The molecule has 0 aliphatic rings. The van der Waals surface area contributed by atoms with Crippen LogP contribution in [-0.4, -0.2) is 23.9 Å². The van der Waals surface area contributed by atoms with Crippen molar-refractivity contribution in [3.05, 3.63) is 77.4 Å². The fourth-order valence-electron chi connectivity index (χ4n) is 3.46. The average Bonchev–Trinajstić information content (AvgIpc) is 2.67. The first kappa shape index (κ1) is 22.6. The van der Waals surface area contributed by atoms with Gasteiger partial charge in [-0.15, -0.1) is 0 Å². The third kappa shape index (κ3) is 5.00. The summed E-state index contributed by atoms with van der Waals surface area (Å²) in [6.07, 6.45) is 0. The number of hydrogen-bond donors (Lipinski definition) is 2. The van der Waals surface area contributed by atoms with Gasteiger partial charge in [-0.2, -0.15) is 0 Å². The highest BCUT2D eigenvalue weighted by molar-refractivity contribution is 7.93. The normalized spacial score (nSPS) is 11.7. The van der Waals surface area contributed by atoms with Crippen molar-refractivity contribution in [1.82, 2.24) is 0 Å². The van der Waals surface area contributed by atoms with Crippen molar-refractivity contribution in [2.24, 2.45) is 0 Å². The van der Waals surface area contributed by atoms with Gasteiger partial charge in [0.1, 0.15) is 5.75 Å². The summed E-state index contributed by atoms with van der Waals surface area (Å²) in [6.45, 7) is 5.35. The van der Waals surface area contributed by atoms with Crippen LogP contribution in [0.4, 0.5) is 11.4 Å². The second-order valence-electron chi connectivity index (χ2n) is 7.17. The molecule has 9 heteroatoms. The van der Waals surface area contributed by atoms with E-state index in [-0.39, 0.29) is 21.2 Å². The Morgan fingerprint density at radius 3 is 2.03 bits per heavy atom. The number of ether oxygens (including phenoxy) is 1. The summed E-state index contributed by atoms with van der Waals surface area (Å²) >= 11 is 0. The first-order valence-corrected chi connectivity index (χ1v) is 12.4. The molecule has 0 amide bonds. The number of methoxy groups -OCH3 is 1. The molecule has 2 N–H and O–H groups in total. The van der Waals surface area contributed by atoms with E-state index >= 15 is 0 Å². The standard InChI is InChI=1S/C22H24N2O5S2/c1-15-12-16(2)22(17(3)13-15)31(27,28)23-18-8-7-9-19(14-18)30(25,26)24-20-10-5-6-11-21(20)29-4/h5-14,23-24H,1-4H3. The van der Waals surface area contributed by atoms with Crippen molar-refractivity contribution >= 4 is 31.4 Å². The van der Waals surface area contributed by atoms with E-state index in [0.29, 0.717) is 16.9 Å². The Bertz CT molecular complexity index is 1310. The average molecular weight is 461 g/mol. The molecule has 0 radical (unpaired) electrons. The predicted octanol–water partition coefficient (Wildman–Crippen LogP) is 4.22. The maximum absolute atomic E-state index is 13.0. The lowest BCUT2D eigenvalue weighted by Gasteiger charge is -2.15. The SMILES string of the molecule is COc1ccccc1NS(=O)(=O)c1cccc(NS(=O)(=O)c2c(C)cc(C)cc2C)c1. The van der Waals surface area contributed by atoms with Crippen molar-refractivity contribution < 1.29 is 21.6 Å². The van der Waals surface area contributed by atoms with E-state index in [1.165, 1.54) is 31.4 Å². The van der Waals surface area contributed by atoms with E-state index in [1.54, 1.807) is 50.2 Å². The van der Waals surface area contributed by atoms with Gasteiger partial charge in [0.2, 0.25) is 0 Å². The maximum Gasteiger partial charge on any atom is 0.262 e. The molecule has 0 fully saturated rings.